The van der Waals surface area contributed by atoms with Crippen LogP contribution in [0.5, 0.6) is 0 Å². The van der Waals surface area contributed by atoms with Crippen molar-refractivity contribution in [3.05, 3.63) is 0 Å². The molecule has 3 unspecified atom stereocenters. The molecule has 1 rings (SSSR count). The molecule has 5 nitrogen and oxygen atoms in total. The van der Waals surface area contributed by atoms with E-state index in [1.54, 1.807) is 6.92 Å². The molecule has 1 aliphatic rings. The van der Waals surface area contributed by atoms with Crippen molar-refractivity contribution in [1.82, 2.24) is 0 Å². The summed E-state index contributed by atoms with van der Waals surface area (Å²) in [5, 5.41) is 9.70. The molecule has 3 atom stereocenters. The van der Waals surface area contributed by atoms with Crippen LogP contribution in [0.2, 0.25) is 0 Å². The van der Waals surface area contributed by atoms with Gasteiger partial charge in [0.2, 0.25) is 0 Å². The van der Waals surface area contributed by atoms with E-state index < -0.39 is 18.3 Å². The summed E-state index contributed by atoms with van der Waals surface area (Å²) in [7, 11) is 0. The molecule has 0 aliphatic carbocycles. The van der Waals surface area contributed by atoms with Crippen molar-refractivity contribution in [2.75, 3.05) is 25.6 Å². The summed E-state index contributed by atoms with van der Waals surface area (Å²) < 4.78 is 16.0. The molecule has 106 valence electrons. The molecule has 0 saturated carbocycles. The van der Waals surface area contributed by atoms with Gasteiger partial charge in [-0.3, -0.25) is 4.79 Å². The first-order valence-electron chi connectivity index (χ1n) is 6.35. The molecular formula is C12H22O5S. The first-order valence-corrected chi connectivity index (χ1v) is 7.40. The van der Waals surface area contributed by atoms with Gasteiger partial charge in [-0.2, -0.15) is 0 Å². The third kappa shape index (κ3) is 3.85. The average molecular weight is 278 g/mol. The van der Waals surface area contributed by atoms with Gasteiger partial charge in [0, 0.05) is 19.0 Å². The molecule has 1 fully saturated rings. The standard InChI is InChI=1S/C12H22O5S/c1-4-15-11(14)9-8(13)7-18-10(9)12(16-5-2)17-6-3/h8-10,12-13H,4-7H2,1-3H3. The third-order valence-corrected chi connectivity index (χ3v) is 4.15. The highest BCUT2D eigenvalue weighted by Gasteiger charge is 2.46. The van der Waals surface area contributed by atoms with Crippen LogP contribution in [0.1, 0.15) is 20.8 Å². The molecule has 1 N–H and O–H groups in total. The Bertz CT molecular complexity index is 255. The summed E-state index contributed by atoms with van der Waals surface area (Å²) in [6.45, 7) is 6.83. The number of hydrogen-bond donors (Lipinski definition) is 1. The van der Waals surface area contributed by atoms with Crippen LogP contribution in [-0.2, 0) is 19.0 Å². The van der Waals surface area contributed by atoms with Crippen molar-refractivity contribution >= 4 is 17.7 Å². The molecule has 0 amide bonds. The maximum atomic E-state index is 11.9. The zero-order valence-corrected chi connectivity index (χ0v) is 11.9. The molecule has 6 heteroatoms. The number of esters is 1. The monoisotopic (exact) mass is 278 g/mol. The Hall–Kier alpha value is -0.300. The normalized spacial score (nSPS) is 27.7. The lowest BCUT2D eigenvalue weighted by atomic mass is 9.99. The highest BCUT2D eigenvalue weighted by atomic mass is 32.2. The molecule has 0 spiro atoms. The van der Waals surface area contributed by atoms with Gasteiger partial charge in [-0.1, -0.05) is 0 Å². The lowest BCUT2D eigenvalue weighted by molar-refractivity contribution is -0.166. The van der Waals surface area contributed by atoms with E-state index in [0.717, 1.165) is 0 Å². The second kappa shape index (κ2) is 7.99. The highest BCUT2D eigenvalue weighted by Crippen LogP contribution is 2.37. The predicted octanol–water partition coefficient (Wildman–Crippen LogP) is 1.04. The lowest BCUT2D eigenvalue weighted by Crippen LogP contribution is -2.41. The Morgan fingerprint density at radius 1 is 1.28 bits per heavy atom. The molecule has 0 aromatic heterocycles. The van der Waals surface area contributed by atoms with Crippen LogP contribution in [0.25, 0.3) is 0 Å². The van der Waals surface area contributed by atoms with Gasteiger partial charge in [0.1, 0.15) is 5.92 Å². The minimum atomic E-state index is -0.692. The molecule has 1 aliphatic heterocycles. The topological polar surface area (TPSA) is 65.0 Å². The Morgan fingerprint density at radius 3 is 2.39 bits per heavy atom. The van der Waals surface area contributed by atoms with Crippen LogP contribution in [0, 0.1) is 5.92 Å². The fraction of sp³-hybridized carbons (Fsp3) is 0.917. The maximum Gasteiger partial charge on any atom is 0.312 e. The summed E-state index contributed by atoms with van der Waals surface area (Å²) >= 11 is 1.50. The molecule has 0 aromatic carbocycles. The fourth-order valence-corrected chi connectivity index (χ4v) is 3.42. The first kappa shape index (κ1) is 15.8. The number of rotatable bonds is 7. The lowest BCUT2D eigenvalue weighted by Gasteiger charge is -2.27. The molecule has 0 aromatic rings. The van der Waals surface area contributed by atoms with Gasteiger partial charge in [0.25, 0.3) is 0 Å². The number of carbonyl (C=O) groups excluding carboxylic acids is 1. The quantitative estimate of drug-likeness (QED) is 0.554. The molecule has 18 heavy (non-hydrogen) atoms. The second-order valence-electron chi connectivity index (χ2n) is 3.92. The largest absolute Gasteiger partial charge is 0.466 e. The van der Waals surface area contributed by atoms with E-state index in [-0.39, 0.29) is 11.2 Å². The molecule has 1 saturated heterocycles. The number of ether oxygens (including phenoxy) is 3. The molecule has 0 bridgehead atoms. The van der Waals surface area contributed by atoms with Crippen LogP contribution in [-0.4, -0.2) is 54.3 Å². The number of carbonyl (C=O) groups is 1. The number of thioether (sulfide) groups is 1. The van der Waals surface area contributed by atoms with Gasteiger partial charge in [-0.25, -0.2) is 0 Å². The SMILES string of the molecule is CCOC(=O)C1C(O)CSC1C(OCC)OCC. The smallest absolute Gasteiger partial charge is 0.312 e. The zero-order valence-electron chi connectivity index (χ0n) is 11.1. The van der Waals surface area contributed by atoms with Gasteiger partial charge in [0.05, 0.1) is 18.0 Å². The Morgan fingerprint density at radius 2 is 1.89 bits per heavy atom. The predicted molar refractivity (Wildman–Crippen MR) is 69.4 cm³/mol. The van der Waals surface area contributed by atoms with Crippen LogP contribution >= 0.6 is 11.8 Å². The summed E-state index contributed by atoms with van der Waals surface area (Å²) in [4.78, 5) is 11.9. The van der Waals surface area contributed by atoms with E-state index in [1.807, 2.05) is 13.8 Å². The van der Waals surface area contributed by atoms with E-state index in [0.29, 0.717) is 25.6 Å². The fourth-order valence-electron chi connectivity index (χ4n) is 1.98. The van der Waals surface area contributed by atoms with Crippen molar-refractivity contribution in [3.63, 3.8) is 0 Å². The van der Waals surface area contributed by atoms with Crippen LogP contribution in [0.15, 0.2) is 0 Å². The zero-order chi connectivity index (χ0) is 13.5. The Labute approximate surface area is 112 Å². The summed E-state index contributed by atoms with van der Waals surface area (Å²) in [6, 6.07) is 0. The van der Waals surface area contributed by atoms with Crippen LogP contribution in [0.4, 0.5) is 0 Å². The van der Waals surface area contributed by atoms with Crippen molar-refractivity contribution in [1.29, 1.82) is 0 Å². The summed E-state index contributed by atoms with van der Waals surface area (Å²) in [5.41, 5.74) is 0. The van der Waals surface area contributed by atoms with Gasteiger partial charge >= 0.3 is 5.97 Å². The average Bonchev–Trinajstić information content (AvgIpc) is 2.71. The van der Waals surface area contributed by atoms with E-state index in [1.165, 1.54) is 11.8 Å². The number of aliphatic hydroxyl groups excluding tert-OH is 1. The molecule has 0 radical (unpaired) electrons. The first-order chi connectivity index (χ1) is 8.65. The van der Waals surface area contributed by atoms with Crippen molar-refractivity contribution in [2.45, 2.75) is 38.4 Å². The second-order valence-corrected chi connectivity index (χ2v) is 5.13. The van der Waals surface area contributed by atoms with Crippen molar-refractivity contribution < 1.29 is 24.1 Å². The Kier molecular flexibility index (Phi) is 6.99. The third-order valence-electron chi connectivity index (χ3n) is 2.72. The van der Waals surface area contributed by atoms with Gasteiger partial charge < -0.3 is 19.3 Å². The maximum absolute atomic E-state index is 11.9. The van der Waals surface area contributed by atoms with Crippen LogP contribution < -0.4 is 0 Å². The van der Waals surface area contributed by atoms with Crippen LogP contribution in [0.3, 0.4) is 0 Å². The molecular weight excluding hydrogens is 256 g/mol. The summed E-state index contributed by atoms with van der Waals surface area (Å²) in [6.07, 6.45) is -1.17. The minimum Gasteiger partial charge on any atom is -0.466 e. The van der Waals surface area contributed by atoms with Crippen molar-refractivity contribution in [3.8, 4) is 0 Å². The van der Waals surface area contributed by atoms with Crippen molar-refractivity contribution in [2.24, 2.45) is 5.92 Å². The van der Waals surface area contributed by atoms with Gasteiger partial charge in [-0.15, -0.1) is 11.8 Å². The van der Waals surface area contributed by atoms with E-state index in [2.05, 4.69) is 0 Å². The molecule has 1 heterocycles. The summed E-state index contributed by atoms with van der Waals surface area (Å²) in [5.74, 6) is -0.437. The Balaban J connectivity index is 2.73. The van der Waals surface area contributed by atoms with Gasteiger partial charge in [-0.05, 0) is 20.8 Å². The number of hydrogen-bond acceptors (Lipinski definition) is 6. The van der Waals surface area contributed by atoms with E-state index >= 15 is 0 Å². The van der Waals surface area contributed by atoms with E-state index in [4.69, 9.17) is 14.2 Å². The van der Waals surface area contributed by atoms with Gasteiger partial charge in [0.15, 0.2) is 6.29 Å². The number of aliphatic hydroxyl groups is 1. The highest BCUT2D eigenvalue weighted by molar-refractivity contribution is 8.00. The van der Waals surface area contributed by atoms with E-state index in [9.17, 15) is 9.90 Å². The minimum absolute atomic E-state index is 0.209.